The first-order valence-corrected chi connectivity index (χ1v) is 8.85. The SMILES string of the molecule is CN([N-]C(=O)CC(=O)[N-]N(C)C(=S)c1ccccc1)C(=S)c1ccccc1.[Cu+2]. The van der Waals surface area contributed by atoms with Gasteiger partial charge in [-0.25, -0.2) is 0 Å². The predicted octanol–water partition coefficient (Wildman–Crippen LogP) is 3.62. The largest absolute Gasteiger partial charge is 2.00 e. The van der Waals surface area contributed by atoms with E-state index in [1.165, 1.54) is 10.0 Å². The molecule has 0 saturated heterocycles. The molecular formula is C19H18CuN4O2S2. The van der Waals surface area contributed by atoms with Crippen LogP contribution < -0.4 is 0 Å². The summed E-state index contributed by atoms with van der Waals surface area (Å²) < 4.78 is 0. The molecule has 6 nitrogen and oxygen atoms in total. The maximum atomic E-state index is 12.0. The molecule has 0 unspecified atom stereocenters. The fourth-order valence-corrected chi connectivity index (χ4v) is 2.51. The van der Waals surface area contributed by atoms with Gasteiger partial charge in [-0.1, -0.05) is 85.1 Å². The summed E-state index contributed by atoms with van der Waals surface area (Å²) >= 11 is 10.6. The summed E-state index contributed by atoms with van der Waals surface area (Å²) in [7, 11) is 3.12. The van der Waals surface area contributed by atoms with E-state index in [9.17, 15) is 9.59 Å². The van der Waals surface area contributed by atoms with Gasteiger partial charge in [0.2, 0.25) is 0 Å². The molecule has 0 aromatic heterocycles. The zero-order valence-electron chi connectivity index (χ0n) is 15.2. The summed E-state index contributed by atoms with van der Waals surface area (Å²) in [5.41, 5.74) is 9.17. The van der Waals surface area contributed by atoms with Crippen molar-refractivity contribution >= 4 is 46.2 Å². The Labute approximate surface area is 185 Å². The Kier molecular flexibility index (Phi) is 9.75. The first-order valence-electron chi connectivity index (χ1n) is 8.03. The van der Waals surface area contributed by atoms with Gasteiger partial charge < -0.3 is 30.5 Å². The maximum absolute atomic E-state index is 12.0. The maximum Gasteiger partial charge on any atom is 2.00 e. The summed E-state index contributed by atoms with van der Waals surface area (Å²) in [6.07, 6.45) is -0.469. The molecule has 0 aliphatic carbocycles. The van der Waals surface area contributed by atoms with Crippen molar-refractivity contribution in [2.24, 2.45) is 0 Å². The second-order valence-electron chi connectivity index (χ2n) is 5.55. The van der Waals surface area contributed by atoms with E-state index in [0.29, 0.717) is 9.98 Å². The molecule has 0 N–H and O–H groups in total. The molecule has 0 bridgehead atoms. The Morgan fingerprint density at radius 1 is 0.750 bits per heavy atom. The van der Waals surface area contributed by atoms with Gasteiger partial charge in [-0.05, 0) is 14.1 Å². The van der Waals surface area contributed by atoms with E-state index in [1.807, 2.05) is 60.7 Å². The molecule has 0 aliphatic heterocycles. The number of benzene rings is 2. The molecule has 1 radical (unpaired) electrons. The van der Waals surface area contributed by atoms with Crippen molar-refractivity contribution in [2.45, 2.75) is 6.42 Å². The summed E-state index contributed by atoms with van der Waals surface area (Å²) in [4.78, 5) is 24.8. The summed E-state index contributed by atoms with van der Waals surface area (Å²) in [6.45, 7) is 0. The van der Waals surface area contributed by atoms with Crippen LogP contribution in [0.1, 0.15) is 17.5 Å². The van der Waals surface area contributed by atoms with Crippen molar-refractivity contribution in [3.05, 3.63) is 82.6 Å². The molecule has 0 saturated carbocycles. The zero-order chi connectivity index (χ0) is 19.8. The average Bonchev–Trinajstić information content (AvgIpc) is 2.67. The Hall–Kier alpha value is -2.32. The topological polar surface area (TPSA) is 68.8 Å². The van der Waals surface area contributed by atoms with E-state index < -0.39 is 18.2 Å². The molecule has 0 fully saturated rings. The van der Waals surface area contributed by atoms with Crippen LogP contribution in [0.5, 0.6) is 0 Å². The minimum Gasteiger partial charge on any atom is -0.563 e. The van der Waals surface area contributed by atoms with Gasteiger partial charge in [-0.3, -0.25) is 0 Å². The molecule has 2 amide bonds. The fourth-order valence-electron chi connectivity index (χ4n) is 2.16. The van der Waals surface area contributed by atoms with Crippen LogP contribution in [0, 0.1) is 0 Å². The third-order valence-electron chi connectivity index (χ3n) is 3.45. The van der Waals surface area contributed by atoms with Crippen LogP contribution in [0.2, 0.25) is 0 Å². The van der Waals surface area contributed by atoms with Gasteiger partial charge in [0.1, 0.15) is 0 Å². The van der Waals surface area contributed by atoms with Crippen LogP contribution >= 0.6 is 24.4 Å². The van der Waals surface area contributed by atoms with E-state index in [0.717, 1.165) is 11.1 Å². The molecule has 0 atom stereocenters. The molecule has 2 rings (SSSR count). The van der Waals surface area contributed by atoms with E-state index in [-0.39, 0.29) is 17.1 Å². The van der Waals surface area contributed by atoms with Gasteiger partial charge >= 0.3 is 17.1 Å². The predicted molar refractivity (Wildman–Crippen MR) is 113 cm³/mol. The average molecular weight is 462 g/mol. The van der Waals surface area contributed by atoms with Gasteiger partial charge in [0, 0.05) is 17.5 Å². The molecule has 149 valence electrons. The van der Waals surface area contributed by atoms with Crippen LogP contribution in [0.4, 0.5) is 0 Å². The second-order valence-corrected chi connectivity index (χ2v) is 6.33. The summed E-state index contributed by atoms with van der Waals surface area (Å²) in [6, 6.07) is 18.4. The Balaban J connectivity index is 0.00000392. The van der Waals surface area contributed by atoms with E-state index >= 15 is 0 Å². The monoisotopic (exact) mass is 461 g/mol. The number of thiocarbonyl (C=S) groups is 2. The van der Waals surface area contributed by atoms with Crippen molar-refractivity contribution in [3.8, 4) is 0 Å². The smallest absolute Gasteiger partial charge is 0.563 e. The van der Waals surface area contributed by atoms with Gasteiger partial charge in [0.05, 0.1) is 21.8 Å². The van der Waals surface area contributed by atoms with Crippen molar-refractivity contribution in [1.29, 1.82) is 0 Å². The summed E-state index contributed by atoms with van der Waals surface area (Å²) in [5.74, 6) is -1.27. The Morgan fingerprint density at radius 3 is 1.39 bits per heavy atom. The Bertz CT molecular complexity index is 765. The normalized spacial score (nSPS) is 9.50. The van der Waals surface area contributed by atoms with Crippen LogP contribution in [0.25, 0.3) is 10.9 Å². The number of nitrogens with zero attached hydrogens (tertiary/aromatic N) is 4. The number of amides is 2. The Morgan fingerprint density at radius 2 is 1.07 bits per heavy atom. The van der Waals surface area contributed by atoms with Crippen molar-refractivity contribution < 1.29 is 26.7 Å². The molecule has 2 aromatic carbocycles. The van der Waals surface area contributed by atoms with Crippen LogP contribution in [0.15, 0.2) is 60.7 Å². The molecule has 0 aliphatic rings. The molecule has 0 heterocycles. The second kappa shape index (κ2) is 11.5. The van der Waals surface area contributed by atoms with Gasteiger partial charge in [0.25, 0.3) is 0 Å². The third-order valence-corrected chi connectivity index (χ3v) is 4.45. The van der Waals surface area contributed by atoms with Gasteiger partial charge in [-0.15, -0.1) is 0 Å². The van der Waals surface area contributed by atoms with Crippen LogP contribution in [0.3, 0.4) is 0 Å². The third kappa shape index (κ3) is 7.01. The number of rotatable bonds is 4. The number of carbonyl (C=O) groups is 2. The van der Waals surface area contributed by atoms with Crippen LogP contribution in [-0.4, -0.2) is 45.9 Å². The van der Waals surface area contributed by atoms with E-state index in [2.05, 4.69) is 10.9 Å². The van der Waals surface area contributed by atoms with Crippen LogP contribution in [-0.2, 0) is 26.7 Å². The number of hydrogen-bond acceptors (Lipinski definition) is 4. The number of carbonyl (C=O) groups excluding carboxylic acids is 2. The zero-order valence-corrected chi connectivity index (χ0v) is 17.8. The van der Waals surface area contributed by atoms with Crippen molar-refractivity contribution in [3.63, 3.8) is 0 Å². The van der Waals surface area contributed by atoms with Crippen molar-refractivity contribution in [2.75, 3.05) is 14.1 Å². The molecular weight excluding hydrogens is 444 g/mol. The minimum atomic E-state index is -0.636. The molecule has 2 aromatic rings. The molecule has 9 heteroatoms. The van der Waals surface area contributed by atoms with Gasteiger partial charge in [0.15, 0.2) is 0 Å². The van der Waals surface area contributed by atoms with E-state index in [4.69, 9.17) is 24.4 Å². The quantitative estimate of drug-likeness (QED) is 0.300. The molecule has 28 heavy (non-hydrogen) atoms. The van der Waals surface area contributed by atoms with Gasteiger partial charge in [-0.2, -0.15) is 0 Å². The standard InChI is InChI=1S/C19H20N4O2S2.Cu/c1-22(18(26)14-9-5-3-6-10-14)20-16(24)13-17(25)21-23(2)19(27)15-11-7-4-8-12-15;/h3-12H,13H2,1-2H3,(H2,20,21,24,25);/q;+2/p-2. The number of hydrogen-bond donors (Lipinski definition) is 0. The van der Waals surface area contributed by atoms with E-state index in [1.54, 1.807) is 14.1 Å². The fraction of sp³-hybridized carbons (Fsp3) is 0.158. The summed E-state index contributed by atoms with van der Waals surface area (Å²) in [5, 5.41) is 2.55. The van der Waals surface area contributed by atoms with Crippen molar-refractivity contribution in [1.82, 2.24) is 10.0 Å². The first kappa shape index (κ1) is 23.7. The first-order chi connectivity index (χ1) is 12.9. The minimum absolute atomic E-state index is 0. The molecule has 0 spiro atoms.